The highest BCUT2D eigenvalue weighted by Crippen LogP contribution is 2.15. The van der Waals surface area contributed by atoms with Crippen LogP contribution >= 0.6 is 0 Å². The topological polar surface area (TPSA) is 52.6 Å². The number of ether oxygens (including phenoxy) is 2. The van der Waals surface area contributed by atoms with Crippen LogP contribution in [0.1, 0.15) is 31.8 Å². The van der Waals surface area contributed by atoms with Gasteiger partial charge in [0, 0.05) is 0 Å². The summed E-state index contributed by atoms with van der Waals surface area (Å²) in [7, 11) is 0. The van der Waals surface area contributed by atoms with Crippen LogP contribution in [0, 0.1) is 21.0 Å². The van der Waals surface area contributed by atoms with Crippen molar-refractivity contribution in [3.63, 3.8) is 0 Å². The molecule has 4 nitrogen and oxygen atoms in total. The van der Waals surface area contributed by atoms with Crippen LogP contribution in [-0.2, 0) is 0 Å². The Balaban J connectivity index is 1.35. The summed E-state index contributed by atoms with van der Waals surface area (Å²) in [4.78, 5) is 24.8. The van der Waals surface area contributed by atoms with Crippen LogP contribution < -0.4 is 30.7 Å². The highest BCUT2D eigenvalue weighted by molar-refractivity contribution is 5.93. The molecule has 0 bridgehead atoms. The van der Waals surface area contributed by atoms with E-state index in [-0.39, 0.29) is 11.9 Å². The van der Waals surface area contributed by atoms with E-state index < -0.39 is 21.2 Å². The Bertz CT molecular complexity index is 1180. The van der Waals surface area contributed by atoms with Gasteiger partial charge in [-0.15, -0.1) is 0 Å². The van der Waals surface area contributed by atoms with Gasteiger partial charge in [-0.1, -0.05) is 36.4 Å². The standard InChI is InChI=1S/C28H22IO4/c1-19-7-3-5-9-25(19)27(30)32-23-15-11-21(12-16-23)29-22-13-17-24(18-14-22)33-28(31)26-10-6-4-8-20(26)2/h3-18H,1-2H3/q+1. The number of esters is 2. The lowest BCUT2D eigenvalue weighted by Crippen LogP contribution is -3.61. The first-order chi connectivity index (χ1) is 16.0. The molecule has 5 heteroatoms. The summed E-state index contributed by atoms with van der Waals surface area (Å²) < 4.78 is 13.4. The monoisotopic (exact) mass is 549 g/mol. The SMILES string of the molecule is Cc1ccccc1C(=O)Oc1ccc([I+]c2ccc(OC(=O)c3ccccc3C)cc2)cc1. The predicted octanol–water partition coefficient (Wildman–Crippen LogP) is 2.87. The van der Waals surface area contributed by atoms with E-state index in [4.69, 9.17) is 9.47 Å². The van der Waals surface area contributed by atoms with E-state index in [0.29, 0.717) is 22.6 Å². The van der Waals surface area contributed by atoms with Gasteiger partial charge in [-0.2, -0.15) is 0 Å². The number of hydrogen-bond acceptors (Lipinski definition) is 4. The summed E-state index contributed by atoms with van der Waals surface area (Å²) >= 11 is -0.420. The Kier molecular flexibility index (Phi) is 7.19. The van der Waals surface area contributed by atoms with Gasteiger partial charge in [0.1, 0.15) is 11.5 Å². The third kappa shape index (κ3) is 5.87. The molecular formula is C28H22IO4+. The lowest BCUT2D eigenvalue weighted by molar-refractivity contribution is -0.597. The first-order valence-corrected chi connectivity index (χ1v) is 12.6. The maximum atomic E-state index is 12.4. The van der Waals surface area contributed by atoms with Crippen LogP contribution in [0.15, 0.2) is 97.1 Å². The molecule has 164 valence electrons. The minimum Gasteiger partial charge on any atom is -0.423 e. The van der Waals surface area contributed by atoms with Crippen LogP contribution in [-0.4, -0.2) is 11.9 Å². The number of rotatable bonds is 6. The molecule has 0 aliphatic heterocycles. The van der Waals surface area contributed by atoms with Gasteiger partial charge in [-0.25, -0.2) is 9.59 Å². The van der Waals surface area contributed by atoms with Crippen molar-refractivity contribution < 1.29 is 40.3 Å². The summed E-state index contributed by atoms with van der Waals surface area (Å²) in [6.45, 7) is 3.78. The van der Waals surface area contributed by atoms with Gasteiger partial charge in [0.15, 0.2) is 7.14 Å². The molecular weight excluding hydrogens is 527 g/mol. The molecule has 0 aliphatic carbocycles. The first-order valence-electron chi connectivity index (χ1n) is 10.4. The zero-order valence-electron chi connectivity index (χ0n) is 18.2. The van der Waals surface area contributed by atoms with Gasteiger partial charge >= 0.3 is 33.1 Å². The summed E-state index contributed by atoms with van der Waals surface area (Å²) in [6.07, 6.45) is 0. The van der Waals surface area contributed by atoms with Crippen molar-refractivity contribution in [1.29, 1.82) is 0 Å². The maximum absolute atomic E-state index is 12.4. The second-order valence-electron chi connectivity index (χ2n) is 7.41. The highest BCUT2D eigenvalue weighted by Gasteiger charge is 2.18. The molecule has 0 heterocycles. The molecule has 0 saturated carbocycles. The lowest BCUT2D eigenvalue weighted by atomic mass is 10.1. The minimum atomic E-state index is -0.420. The Hall–Kier alpha value is -3.45. The largest absolute Gasteiger partial charge is 0.423 e. The molecule has 0 spiro atoms. The first kappa shape index (κ1) is 22.7. The van der Waals surface area contributed by atoms with E-state index in [1.54, 1.807) is 12.1 Å². The van der Waals surface area contributed by atoms with E-state index in [2.05, 4.69) is 0 Å². The minimum absolute atomic E-state index is 0.355. The second-order valence-corrected chi connectivity index (χ2v) is 10.4. The zero-order chi connectivity index (χ0) is 23.2. The third-order valence-corrected chi connectivity index (χ3v) is 7.68. The number of benzene rings is 4. The Labute approximate surface area is 203 Å². The predicted molar refractivity (Wildman–Crippen MR) is 123 cm³/mol. The number of aryl methyl sites for hydroxylation is 2. The molecule has 0 unspecified atom stereocenters. The van der Waals surface area contributed by atoms with Crippen molar-refractivity contribution in [1.82, 2.24) is 0 Å². The van der Waals surface area contributed by atoms with Gasteiger partial charge in [0.25, 0.3) is 0 Å². The van der Waals surface area contributed by atoms with Gasteiger partial charge in [-0.3, -0.25) is 0 Å². The van der Waals surface area contributed by atoms with Crippen LogP contribution in [0.4, 0.5) is 0 Å². The van der Waals surface area contributed by atoms with Crippen molar-refractivity contribution in [3.05, 3.63) is 126 Å². The van der Waals surface area contributed by atoms with Gasteiger partial charge < -0.3 is 9.47 Å². The third-order valence-electron chi connectivity index (χ3n) is 5.00. The molecule has 0 atom stereocenters. The normalized spacial score (nSPS) is 10.5. The second kappa shape index (κ2) is 10.4. The van der Waals surface area contributed by atoms with Crippen LogP contribution in [0.25, 0.3) is 0 Å². The van der Waals surface area contributed by atoms with Crippen molar-refractivity contribution in [2.45, 2.75) is 13.8 Å². The number of carbonyl (C=O) groups excluding carboxylic acids is 2. The average molecular weight is 549 g/mol. The molecule has 0 saturated heterocycles. The summed E-state index contributed by atoms with van der Waals surface area (Å²) in [6, 6.07) is 30.0. The molecule has 4 aromatic carbocycles. The Morgan fingerprint density at radius 1 is 0.545 bits per heavy atom. The molecule has 0 N–H and O–H groups in total. The summed E-state index contributed by atoms with van der Waals surface area (Å²) in [5.41, 5.74) is 2.91. The molecule has 0 radical (unpaired) electrons. The Morgan fingerprint density at radius 3 is 1.27 bits per heavy atom. The lowest BCUT2D eigenvalue weighted by Gasteiger charge is -2.06. The van der Waals surface area contributed by atoms with Crippen LogP contribution in [0.2, 0.25) is 0 Å². The smallest absolute Gasteiger partial charge is 0.357 e. The van der Waals surface area contributed by atoms with Crippen molar-refractivity contribution >= 4 is 11.9 Å². The van der Waals surface area contributed by atoms with Gasteiger partial charge in [-0.05, 0) is 85.6 Å². The van der Waals surface area contributed by atoms with E-state index >= 15 is 0 Å². The molecule has 0 amide bonds. The molecule has 4 rings (SSSR count). The number of halogens is 1. The fourth-order valence-electron chi connectivity index (χ4n) is 3.19. The quantitative estimate of drug-likeness (QED) is 0.211. The van der Waals surface area contributed by atoms with Crippen LogP contribution in [0.5, 0.6) is 11.5 Å². The number of hydrogen-bond donors (Lipinski definition) is 0. The number of carbonyl (C=O) groups is 2. The zero-order valence-corrected chi connectivity index (χ0v) is 20.4. The van der Waals surface area contributed by atoms with Crippen molar-refractivity contribution in [2.75, 3.05) is 0 Å². The summed E-state index contributed by atoms with van der Waals surface area (Å²) in [5.74, 6) is 0.335. The van der Waals surface area contributed by atoms with Crippen molar-refractivity contribution in [3.8, 4) is 11.5 Å². The fourth-order valence-corrected chi connectivity index (χ4v) is 5.34. The maximum Gasteiger partial charge on any atom is 0.357 e. The summed E-state index contributed by atoms with van der Waals surface area (Å²) in [5, 5.41) is 0. The van der Waals surface area contributed by atoms with E-state index in [0.717, 1.165) is 11.1 Å². The van der Waals surface area contributed by atoms with Gasteiger partial charge in [0.05, 0.1) is 11.1 Å². The van der Waals surface area contributed by atoms with E-state index in [9.17, 15) is 9.59 Å². The van der Waals surface area contributed by atoms with E-state index in [1.807, 2.05) is 98.8 Å². The molecule has 4 aromatic rings. The van der Waals surface area contributed by atoms with Crippen LogP contribution in [0.3, 0.4) is 0 Å². The molecule has 0 fully saturated rings. The average Bonchev–Trinajstić information content (AvgIpc) is 2.82. The molecule has 0 aromatic heterocycles. The van der Waals surface area contributed by atoms with Crippen molar-refractivity contribution in [2.24, 2.45) is 0 Å². The fraction of sp³-hybridized carbons (Fsp3) is 0.0714. The molecule has 33 heavy (non-hydrogen) atoms. The van der Waals surface area contributed by atoms with Gasteiger partial charge in [0.2, 0.25) is 0 Å². The van der Waals surface area contributed by atoms with E-state index in [1.165, 1.54) is 7.14 Å². The molecule has 0 aliphatic rings. The Morgan fingerprint density at radius 2 is 0.909 bits per heavy atom. The highest BCUT2D eigenvalue weighted by atomic mass is 127.